The summed E-state index contributed by atoms with van der Waals surface area (Å²) in [5.41, 5.74) is 1.65. The minimum atomic E-state index is -4.77. The summed E-state index contributed by atoms with van der Waals surface area (Å²) >= 11 is 0. The number of piperidine rings is 2. The summed E-state index contributed by atoms with van der Waals surface area (Å²) in [6.45, 7) is 5.40. The molecule has 3 saturated heterocycles. The first-order valence-electron chi connectivity index (χ1n) is 19.4. The molecule has 18 heteroatoms. The number of anilines is 6. The molecule has 2 aromatic carbocycles. The van der Waals surface area contributed by atoms with Crippen LogP contribution in [0.25, 0.3) is 0 Å². The lowest BCUT2D eigenvalue weighted by atomic mass is 9.89. The van der Waals surface area contributed by atoms with Crippen LogP contribution in [0.15, 0.2) is 66.9 Å². The summed E-state index contributed by atoms with van der Waals surface area (Å²) in [5, 5.41) is 11.1. The zero-order valence-corrected chi connectivity index (χ0v) is 32.6. The van der Waals surface area contributed by atoms with Gasteiger partial charge in [-0.2, -0.15) is 23.1 Å². The van der Waals surface area contributed by atoms with Gasteiger partial charge in [0.15, 0.2) is 5.78 Å². The Hall–Kier alpha value is -6.30. The Morgan fingerprint density at radius 2 is 1.61 bits per heavy atom. The molecular formula is C41H45F3N10O5. The number of amides is 3. The number of para-hydroxylation sites is 1. The Morgan fingerprint density at radius 3 is 2.29 bits per heavy atom. The minimum absolute atomic E-state index is 0.0762. The molecule has 0 bridgehead atoms. The maximum Gasteiger partial charge on any atom is 0.421 e. The number of likely N-dealkylation sites (tertiary alicyclic amines) is 1. The normalized spacial score (nSPS) is 17.9. The topological polar surface area (TPSA) is 174 Å². The predicted octanol–water partition coefficient (Wildman–Crippen LogP) is 5.33. The van der Waals surface area contributed by atoms with Crippen LogP contribution in [0.1, 0.15) is 60.0 Å². The number of hydrogen-bond donors (Lipinski definition) is 4. The number of benzene rings is 2. The first-order chi connectivity index (χ1) is 28.3. The molecule has 0 radical (unpaired) electrons. The molecule has 310 valence electrons. The third-order valence-electron chi connectivity index (χ3n) is 10.8. The van der Waals surface area contributed by atoms with Crippen LogP contribution < -0.4 is 30.9 Å². The fraction of sp³-hybridized carbons (Fsp3) is 0.390. The van der Waals surface area contributed by atoms with E-state index in [4.69, 9.17) is 4.74 Å². The van der Waals surface area contributed by atoms with Crippen molar-refractivity contribution in [2.24, 2.45) is 0 Å². The number of carbonyl (C=O) groups is 4. The number of nitrogens with one attached hydrogen (secondary N) is 4. The van der Waals surface area contributed by atoms with Gasteiger partial charge in [0.25, 0.3) is 0 Å². The lowest BCUT2D eigenvalue weighted by molar-refractivity contribution is -0.137. The second-order valence-electron chi connectivity index (χ2n) is 14.7. The van der Waals surface area contributed by atoms with Gasteiger partial charge in [-0.25, -0.2) is 4.98 Å². The molecule has 3 amide bonds. The average molecular weight is 815 g/mol. The van der Waals surface area contributed by atoms with Gasteiger partial charge in [0.1, 0.15) is 28.9 Å². The number of imide groups is 1. The molecular weight excluding hydrogens is 770 g/mol. The molecule has 5 heterocycles. The zero-order chi connectivity index (χ0) is 41.7. The summed E-state index contributed by atoms with van der Waals surface area (Å²) in [4.78, 5) is 67.7. The van der Waals surface area contributed by atoms with Crippen molar-refractivity contribution < 1.29 is 37.1 Å². The van der Waals surface area contributed by atoms with Crippen molar-refractivity contribution in [1.29, 1.82) is 0 Å². The summed E-state index contributed by atoms with van der Waals surface area (Å²) in [5.74, 6) is -0.321. The first-order valence-corrected chi connectivity index (χ1v) is 19.4. The molecule has 4 aromatic rings. The van der Waals surface area contributed by atoms with Crippen LogP contribution >= 0.6 is 0 Å². The monoisotopic (exact) mass is 814 g/mol. The van der Waals surface area contributed by atoms with E-state index in [1.165, 1.54) is 31.7 Å². The molecule has 0 spiro atoms. The number of pyridine rings is 1. The number of nitrogens with zero attached hydrogens (tertiary/aromatic N) is 6. The molecule has 3 aliphatic heterocycles. The highest BCUT2D eigenvalue weighted by Crippen LogP contribution is 2.37. The van der Waals surface area contributed by atoms with Gasteiger partial charge in [0, 0.05) is 50.0 Å². The molecule has 3 aliphatic rings. The fourth-order valence-electron chi connectivity index (χ4n) is 7.53. The SMILES string of the molecule is COc1nc(N2CCN(C(=O)CN3CCC(c4ccc(NC5CCC(=O)NC5=O)cc4)CC3)CC2)ccc1Nc1ncc(C(F)(F)F)c(Nc2ccccc2C(C)=O)n1. The lowest BCUT2D eigenvalue weighted by Gasteiger charge is -2.37. The predicted molar refractivity (Wildman–Crippen MR) is 214 cm³/mol. The quantitative estimate of drug-likeness (QED) is 0.107. The van der Waals surface area contributed by atoms with Crippen molar-refractivity contribution in [1.82, 2.24) is 30.1 Å². The molecule has 15 nitrogen and oxygen atoms in total. The van der Waals surface area contributed by atoms with E-state index in [0.29, 0.717) is 69.2 Å². The largest absolute Gasteiger partial charge is 0.479 e. The number of ether oxygens (including phenoxy) is 1. The van der Waals surface area contributed by atoms with Crippen molar-refractivity contribution >= 4 is 58.2 Å². The molecule has 4 N–H and O–H groups in total. The number of Topliss-reactive ketones (excluding diaryl/α,β-unsaturated/α-hetero) is 1. The smallest absolute Gasteiger partial charge is 0.421 e. The Morgan fingerprint density at radius 1 is 0.881 bits per heavy atom. The van der Waals surface area contributed by atoms with E-state index < -0.39 is 23.6 Å². The number of ketones is 1. The number of methoxy groups -OCH3 is 1. The highest BCUT2D eigenvalue weighted by atomic mass is 19.4. The molecule has 0 aliphatic carbocycles. The molecule has 3 fully saturated rings. The van der Waals surface area contributed by atoms with Crippen LogP contribution in [-0.4, -0.2) is 107 Å². The van der Waals surface area contributed by atoms with Crippen molar-refractivity contribution in [3.63, 3.8) is 0 Å². The maximum absolute atomic E-state index is 13.9. The van der Waals surface area contributed by atoms with E-state index in [9.17, 15) is 32.3 Å². The number of carbonyl (C=O) groups excluding carboxylic acids is 4. The van der Waals surface area contributed by atoms with Crippen molar-refractivity contribution in [2.75, 3.05) is 73.8 Å². The van der Waals surface area contributed by atoms with E-state index >= 15 is 0 Å². The van der Waals surface area contributed by atoms with E-state index in [-0.39, 0.29) is 46.6 Å². The number of rotatable bonds is 12. The Bertz CT molecular complexity index is 2190. The van der Waals surface area contributed by atoms with Gasteiger partial charge in [-0.1, -0.05) is 24.3 Å². The van der Waals surface area contributed by atoms with Gasteiger partial charge in [0.05, 0.1) is 19.3 Å². The molecule has 0 saturated carbocycles. The number of piperazine rings is 1. The first kappa shape index (κ1) is 40.9. The Labute approximate surface area is 338 Å². The standard InChI is InChI=1S/C41H45F3N10O5/c1-25(55)29-5-3-4-6-31(29)47-37-30(41(42,43)44)23-45-40(51-37)48-33-11-13-34(49-39(33)59-2)53-19-21-54(22-20-53)36(57)24-52-17-15-27(16-18-52)26-7-9-28(10-8-26)46-32-12-14-35(56)50-38(32)58/h3-11,13,23,27,32,46H,12,14-22,24H2,1-2H3,(H,50,56,58)(H2,45,47,48,51). The molecule has 2 aromatic heterocycles. The lowest BCUT2D eigenvalue weighted by Crippen LogP contribution is -2.52. The van der Waals surface area contributed by atoms with Crippen LogP contribution in [0.5, 0.6) is 5.88 Å². The molecule has 1 unspecified atom stereocenters. The number of aromatic nitrogens is 3. The summed E-state index contributed by atoms with van der Waals surface area (Å²) in [6, 6.07) is 17.3. The van der Waals surface area contributed by atoms with Gasteiger partial charge in [-0.3, -0.25) is 29.4 Å². The molecule has 7 rings (SSSR count). The van der Waals surface area contributed by atoms with Gasteiger partial charge in [-0.15, -0.1) is 0 Å². The zero-order valence-electron chi connectivity index (χ0n) is 32.6. The summed E-state index contributed by atoms with van der Waals surface area (Å²) < 4.78 is 47.4. The van der Waals surface area contributed by atoms with Gasteiger partial charge < -0.3 is 30.5 Å². The van der Waals surface area contributed by atoms with Crippen LogP contribution in [0.3, 0.4) is 0 Å². The van der Waals surface area contributed by atoms with Crippen molar-refractivity contribution in [2.45, 2.75) is 50.7 Å². The van der Waals surface area contributed by atoms with Gasteiger partial charge >= 0.3 is 6.18 Å². The van der Waals surface area contributed by atoms with Crippen LogP contribution in [0.4, 0.5) is 47.8 Å². The van der Waals surface area contributed by atoms with E-state index in [1.54, 1.807) is 24.3 Å². The summed E-state index contributed by atoms with van der Waals surface area (Å²) in [7, 11) is 1.43. The van der Waals surface area contributed by atoms with Gasteiger partial charge in [0.2, 0.25) is 29.5 Å². The van der Waals surface area contributed by atoms with Crippen molar-refractivity contribution in [3.8, 4) is 5.88 Å². The van der Waals surface area contributed by atoms with E-state index in [0.717, 1.165) is 31.6 Å². The minimum Gasteiger partial charge on any atom is -0.479 e. The van der Waals surface area contributed by atoms with Crippen LogP contribution in [-0.2, 0) is 20.6 Å². The number of halogens is 3. The second-order valence-corrected chi connectivity index (χ2v) is 14.7. The second kappa shape index (κ2) is 17.7. The Balaban J connectivity index is 0.902. The van der Waals surface area contributed by atoms with Gasteiger partial charge in [-0.05, 0) is 87.2 Å². The van der Waals surface area contributed by atoms with E-state index in [2.05, 4.69) is 53.3 Å². The third-order valence-corrected chi connectivity index (χ3v) is 10.8. The average Bonchev–Trinajstić information content (AvgIpc) is 3.22. The summed E-state index contributed by atoms with van der Waals surface area (Å²) in [6.07, 6.45) is -1.46. The highest BCUT2D eigenvalue weighted by molar-refractivity contribution is 6.01. The van der Waals surface area contributed by atoms with E-state index in [1.807, 2.05) is 21.9 Å². The fourth-order valence-corrected chi connectivity index (χ4v) is 7.53. The third kappa shape index (κ3) is 9.88. The number of hydrogen-bond acceptors (Lipinski definition) is 13. The Kier molecular flexibility index (Phi) is 12.2. The number of alkyl halides is 3. The molecule has 1 atom stereocenters. The highest BCUT2D eigenvalue weighted by Gasteiger charge is 2.36. The molecule has 59 heavy (non-hydrogen) atoms. The van der Waals surface area contributed by atoms with Crippen LogP contribution in [0, 0.1) is 0 Å². The van der Waals surface area contributed by atoms with Crippen LogP contribution in [0.2, 0.25) is 0 Å². The van der Waals surface area contributed by atoms with Crippen molar-refractivity contribution in [3.05, 3.63) is 83.6 Å². The maximum atomic E-state index is 13.9.